The van der Waals surface area contributed by atoms with Gasteiger partial charge >= 0.3 is 0 Å². The number of amides is 1. The Morgan fingerprint density at radius 2 is 2.00 bits per heavy atom. The van der Waals surface area contributed by atoms with E-state index in [1.165, 1.54) is 0 Å². The van der Waals surface area contributed by atoms with Crippen molar-refractivity contribution >= 4 is 33.3 Å². The van der Waals surface area contributed by atoms with Crippen molar-refractivity contribution in [3.8, 4) is 5.75 Å². The van der Waals surface area contributed by atoms with Crippen LogP contribution < -0.4 is 10.7 Å². The second-order valence-corrected chi connectivity index (χ2v) is 5.21. The van der Waals surface area contributed by atoms with Gasteiger partial charge in [-0.25, -0.2) is 8.78 Å². The van der Waals surface area contributed by atoms with E-state index in [-0.39, 0.29) is 4.47 Å². The summed E-state index contributed by atoms with van der Waals surface area (Å²) < 4.78 is 31.2. The molecule has 0 unspecified atom stereocenters. The molecule has 120 valence electrons. The Labute approximate surface area is 135 Å². The Morgan fingerprint density at radius 3 is 2.65 bits per heavy atom. The second kappa shape index (κ2) is 6.69. The summed E-state index contributed by atoms with van der Waals surface area (Å²) in [6.45, 7) is 0. The molecule has 9 heteroatoms. The number of nitrogens with one attached hydrogen (secondary N) is 1. The SMILES string of the molecule is O=C(Cc1occc(=O)c1O)C(=O)Nc1c(F)cc(F)cc1Br. The molecule has 2 N–H and O–H groups in total. The molecule has 0 fully saturated rings. The molecule has 0 saturated carbocycles. The van der Waals surface area contributed by atoms with E-state index < -0.39 is 52.4 Å². The van der Waals surface area contributed by atoms with Crippen LogP contribution in [0.15, 0.2) is 38.1 Å². The van der Waals surface area contributed by atoms with E-state index in [0.29, 0.717) is 6.07 Å². The van der Waals surface area contributed by atoms with Crippen LogP contribution in [0, 0.1) is 11.6 Å². The van der Waals surface area contributed by atoms with Gasteiger partial charge in [0.05, 0.1) is 18.4 Å². The lowest BCUT2D eigenvalue weighted by atomic mass is 10.2. The van der Waals surface area contributed by atoms with E-state index in [4.69, 9.17) is 4.42 Å². The zero-order valence-corrected chi connectivity index (χ0v) is 12.8. The van der Waals surface area contributed by atoms with Gasteiger partial charge in [-0.3, -0.25) is 14.4 Å². The quantitative estimate of drug-likeness (QED) is 0.783. The number of hydrogen-bond acceptors (Lipinski definition) is 5. The molecule has 6 nitrogen and oxygen atoms in total. The van der Waals surface area contributed by atoms with Gasteiger partial charge in [-0.05, 0) is 22.0 Å². The summed E-state index contributed by atoms with van der Waals surface area (Å²) in [5, 5.41) is 11.4. The predicted octanol–water partition coefficient (Wildman–Crippen LogP) is 2.14. The van der Waals surface area contributed by atoms with Crippen LogP contribution in [0.3, 0.4) is 0 Å². The summed E-state index contributed by atoms with van der Waals surface area (Å²) in [5.41, 5.74) is -1.18. The summed E-state index contributed by atoms with van der Waals surface area (Å²) in [5.74, 6) is -5.44. The Morgan fingerprint density at radius 1 is 1.30 bits per heavy atom. The molecule has 0 aliphatic heterocycles. The first-order chi connectivity index (χ1) is 10.8. The van der Waals surface area contributed by atoms with Crippen LogP contribution in [-0.2, 0) is 16.0 Å². The molecule has 0 saturated heterocycles. The van der Waals surface area contributed by atoms with Crippen molar-refractivity contribution in [2.45, 2.75) is 6.42 Å². The molecular weight excluding hydrogens is 380 g/mol. The number of aromatic hydroxyl groups is 1. The Balaban J connectivity index is 2.17. The predicted molar refractivity (Wildman–Crippen MR) is 78.0 cm³/mol. The van der Waals surface area contributed by atoms with Crippen molar-refractivity contribution in [2.24, 2.45) is 0 Å². The van der Waals surface area contributed by atoms with E-state index >= 15 is 0 Å². The van der Waals surface area contributed by atoms with Gasteiger partial charge in [0.25, 0.3) is 5.91 Å². The number of carbonyl (C=O) groups is 2. The summed E-state index contributed by atoms with van der Waals surface area (Å²) in [4.78, 5) is 34.7. The van der Waals surface area contributed by atoms with Gasteiger partial charge < -0.3 is 14.8 Å². The molecule has 0 aliphatic rings. The lowest BCUT2D eigenvalue weighted by Crippen LogP contribution is -2.25. The second-order valence-electron chi connectivity index (χ2n) is 4.36. The molecule has 0 radical (unpaired) electrons. The van der Waals surface area contributed by atoms with Gasteiger partial charge in [-0.1, -0.05) is 0 Å². The average molecular weight is 388 g/mol. The van der Waals surface area contributed by atoms with E-state index in [1.807, 2.05) is 5.32 Å². The topological polar surface area (TPSA) is 96.6 Å². The van der Waals surface area contributed by atoms with Crippen molar-refractivity contribution in [2.75, 3.05) is 5.32 Å². The van der Waals surface area contributed by atoms with E-state index in [1.54, 1.807) is 0 Å². The smallest absolute Gasteiger partial charge is 0.292 e. The third-order valence-electron chi connectivity index (χ3n) is 2.75. The molecule has 1 aromatic carbocycles. The molecule has 2 aromatic rings. The van der Waals surface area contributed by atoms with Gasteiger partial charge in [0.15, 0.2) is 11.6 Å². The van der Waals surface area contributed by atoms with Crippen LogP contribution in [0.5, 0.6) is 5.75 Å². The van der Waals surface area contributed by atoms with E-state index in [2.05, 4.69) is 15.9 Å². The molecular formula is C14H8BrF2NO5. The lowest BCUT2D eigenvalue weighted by molar-refractivity contribution is -0.134. The van der Waals surface area contributed by atoms with Crippen molar-refractivity contribution in [3.05, 3.63) is 56.6 Å². The van der Waals surface area contributed by atoms with Gasteiger partial charge in [-0.2, -0.15) is 0 Å². The Hall–Kier alpha value is -2.55. The number of hydrogen-bond donors (Lipinski definition) is 2. The maximum Gasteiger partial charge on any atom is 0.292 e. The fourth-order valence-electron chi connectivity index (χ4n) is 1.65. The van der Waals surface area contributed by atoms with Crippen LogP contribution in [0.25, 0.3) is 0 Å². The zero-order valence-electron chi connectivity index (χ0n) is 11.2. The molecule has 0 spiro atoms. The summed E-state index contributed by atoms with van der Waals surface area (Å²) >= 11 is 2.86. The number of Topliss-reactive ketones (excluding diaryl/α,β-unsaturated/α-hetero) is 1. The molecule has 0 bridgehead atoms. The van der Waals surface area contributed by atoms with E-state index in [9.17, 15) is 28.3 Å². The van der Waals surface area contributed by atoms with Crippen LogP contribution in [0.2, 0.25) is 0 Å². The maximum atomic E-state index is 13.6. The summed E-state index contributed by atoms with van der Waals surface area (Å²) in [7, 11) is 0. The summed E-state index contributed by atoms with van der Waals surface area (Å²) in [6.07, 6.45) is 0.257. The molecule has 1 aromatic heterocycles. The number of rotatable bonds is 4. The molecule has 0 aliphatic carbocycles. The molecule has 0 atom stereocenters. The monoisotopic (exact) mass is 387 g/mol. The fourth-order valence-corrected chi connectivity index (χ4v) is 2.15. The number of benzene rings is 1. The minimum Gasteiger partial charge on any atom is -0.502 e. The standard InChI is InChI=1S/C14H8BrF2NO5/c15-7-3-6(16)4-8(17)12(7)18-14(22)10(20)5-11-13(21)9(19)1-2-23-11/h1-4,21H,5H2,(H,18,22). The van der Waals surface area contributed by atoms with Crippen molar-refractivity contribution < 1.29 is 27.9 Å². The van der Waals surface area contributed by atoms with Crippen LogP contribution in [0.4, 0.5) is 14.5 Å². The van der Waals surface area contributed by atoms with Crippen LogP contribution in [-0.4, -0.2) is 16.8 Å². The highest BCUT2D eigenvalue weighted by atomic mass is 79.9. The maximum absolute atomic E-state index is 13.6. The summed E-state index contributed by atoms with van der Waals surface area (Å²) in [6, 6.07) is 2.38. The van der Waals surface area contributed by atoms with E-state index in [0.717, 1.165) is 18.4 Å². The highest BCUT2D eigenvalue weighted by molar-refractivity contribution is 9.10. The molecule has 1 heterocycles. The molecule has 23 heavy (non-hydrogen) atoms. The third kappa shape index (κ3) is 3.81. The minimum atomic E-state index is -1.22. The third-order valence-corrected chi connectivity index (χ3v) is 3.37. The van der Waals surface area contributed by atoms with Gasteiger partial charge in [0.1, 0.15) is 5.82 Å². The normalized spacial score (nSPS) is 10.4. The van der Waals surface area contributed by atoms with Crippen molar-refractivity contribution in [1.29, 1.82) is 0 Å². The van der Waals surface area contributed by atoms with Gasteiger partial charge in [-0.15, -0.1) is 0 Å². The Kier molecular flexibility index (Phi) is 4.89. The Bertz CT molecular complexity index is 826. The number of halogens is 3. The van der Waals surface area contributed by atoms with Crippen molar-refractivity contribution in [3.63, 3.8) is 0 Å². The molecule has 1 amide bonds. The van der Waals surface area contributed by atoms with Gasteiger partial charge in [0.2, 0.25) is 17.0 Å². The number of carbonyl (C=O) groups excluding carboxylic acids is 2. The van der Waals surface area contributed by atoms with Gasteiger partial charge in [0, 0.05) is 16.6 Å². The number of anilines is 1. The highest BCUT2D eigenvalue weighted by Crippen LogP contribution is 2.27. The largest absolute Gasteiger partial charge is 0.502 e. The minimum absolute atomic E-state index is 0.0924. The molecule has 2 rings (SSSR count). The highest BCUT2D eigenvalue weighted by Gasteiger charge is 2.21. The van der Waals surface area contributed by atoms with Crippen LogP contribution >= 0.6 is 15.9 Å². The first-order valence-electron chi connectivity index (χ1n) is 6.08. The zero-order chi connectivity index (χ0) is 17.1. The number of ketones is 1. The fraction of sp³-hybridized carbons (Fsp3) is 0.0714. The van der Waals surface area contributed by atoms with Crippen LogP contribution in [0.1, 0.15) is 5.76 Å². The average Bonchev–Trinajstić information content (AvgIpc) is 2.47. The first kappa shape index (κ1) is 16.8. The lowest BCUT2D eigenvalue weighted by Gasteiger charge is -2.08. The first-order valence-corrected chi connectivity index (χ1v) is 6.87. The van der Waals surface area contributed by atoms with Crippen molar-refractivity contribution in [1.82, 2.24) is 0 Å².